The highest BCUT2D eigenvalue weighted by atomic mass is 19.1. The first kappa shape index (κ1) is 20.0. The minimum absolute atomic E-state index is 0.196. The molecule has 3 aromatic heterocycles. The van der Waals surface area contributed by atoms with E-state index in [2.05, 4.69) is 45.6 Å². The Labute approximate surface area is 182 Å². The number of benzene rings is 1. The minimum Gasteiger partial charge on any atom is -0.357 e. The zero-order chi connectivity index (χ0) is 21.9. The maximum Gasteiger partial charge on any atom is 0.223 e. The second kappa shape index (κ2) is 8.69. The SMILES string of the molecule is Fc1cc(F)cc(CNc2nccc(-c3ncc(N4CCC(c5cn[nH]n5)CC4)[nH]3)n2)c1. The van der Waals surface area contributed by atoms with Crippen molar-refractivity contribution in [3.8, 4) is 11.5 Å². The number of piperidine rings is 1. The van der Waals surface area contributed by atoms with Gasteiger partial charge in [-0.15, -0.1) is 0 Å². The lowest BCUT2D eigenvalue weighted by atomic mass is 9.94. The van der Waals surface area contributed by atoms with Crippen molar-refractivity contribution in [2.24, 2.45) is 0 Å². The summed E-state index contributed by atoms with van der Waals surface area (Å²) in [5.41, 5.74) is 2.10. The second-order valence-electron chi connectivity index (χ2n) is 7.67. The van der Waals surface area contributed by atoms with Crippen LogP contribution in [0.15, 0.2) is 42.9 Å². The highest BCUT2D eigenvalue weighted by molar-refractivity contribution is 5.55. The van der Waals surface area contributed by atoms with E-state index in [0.717, 1.165) is 43.5 Å². The molecule has 9 nitrogen and oxygen atoms in total. The van der Waals surface area contributed by atoms with Crippen LogP contribution in [0.4, 0.5) is 20.5 Å². The number of H-pyrrole nitrogens is 2. The lowest BCUT2D eigenvalue weighted by molar-refractivity contribution is 0.493. The molecule has 3 N–H and O–H groups in total. The van der Waals surface area contributed by atoms with E-state index in [1.807, 2.05) is 0 Å². The molecule has 0 aliphatic carbocycles. The van der Waals surface area contributed by atoms with Crippen LogP contribution < -0.4 is 10.2 Å². The van der Waals surface area contributed by atoms with Crippen LogP contribution in [0.3, 0.4) is 0 Å². The lowest BCUT2D eigenvalue weighted by Gasteiger charge is -2.31. The molecule has 1 saturated heterocycles. The summed E-state index contributed by atoms with van der Waals surface area (Å²) in [7, 11) is 0. The predicted octanol–water partition coefficient (Wildman–Crippen LogP) is 3.26. The van der Waals surface area contributed by atoms with Gasteiger partial charge in [0.1, 0.15) is 23.1 Å². The van der Waals surface area contributed by atoms with Gasteiger partial charge in [0, 0.05) is 37.8 Å². The number of nitrogens with one attached hydrogen (secondary N) is 3. The Hall–Kier alpha value is -3.89. The Morgan fingerprint density at radius 1 is 1.06 bits per heavy atom. The van der Waals surface area contributed by atoms with Gasteiger partial charge in [0.25, 0.3) is 0 Å². The Balaban J connectivity index is 1.23. The van der Waals surface area contributed by atoms with E-state index in [1.165, 1.54) is 12.1 Å². The first-order valence-corrected chi connectivity index (χ1v) is 10.3. The van der Waals surface area contributed by atoms with Crippen molar-refractivity contribution >= 4 is 11.8 Å². The third-order valence-corrected chi connectivity index (χ3v) is 5.52. The fourth-order valence-corrected chi connectivity index (χ4v) is 3.90. The van der Waals surface area contributed by atoms with Gasteiger partial charge in [-0.05, 0) is 36.6 Å². The molecular weight excluding hydrogens is 416 g/mol. The van der Waals surface area contributed by atoms with Crippen molar-refractivity contribution < 1.29 is 8.78 Å². The molecule has 0 amide bonds. The largest absolute Gasteiger partial charge is 0.357 e. The Bertz CT molecular complexity index is 1160. The molecule has 0 atom stereocenters. The molecule has 1 aliphatic heterocycles. The molecule has 1 aliphatic rings. The van der Waals surface area contributed by atoms with Crippen molar-refractivity contribution in [2.75, 3.05) is 23.3 Å². The Kier molecular flexibility index (Phi) is 5.44. The molecule has 1 aromatic carbocycles. The molecule has 4 aromatic rings. The van der Waals surface area contributed by atoms with Crippen molar-refractivity contribution in [1.82, 2.24) is 35.3 Å². The number of nitrogens with zero attached hydrogens (tertiary/aromatic N) is 6. The Morgan fingerprint density at radius 2 is 1.88 bits per heavy atom. The number of rotatable bonds is 6. The third kappa shape index (κ3) is 4.41. The number of halogens is 2. The fraction of sp³-hybridized carbons (Fsp3) is 0.286. The molecule has 4 heterocycles. The lowest BCUT2D eigenvalue weighted by Crippen LogP contribution is -2.33. The van der Waals surface area contributed by atoms with Gasteiger partial charge in [0.15, 0.2) is 5.82 Å². The zero-order valence-corrected chi connectivity index (χ0v) is 17.1. The summed E-state index contributed by atoms with van der Waals surface area (Å²) >= 11 is 0. The summed E-state index contributed by atoms with van der Waals surface area (Å²) in [4.78, 5) is 18.7. The van der Waals surface area contributed by atoms with Gasteiger partial charge >= 0.3 is 0 Å². The molecule has 164 valence electrons. The van der Waals surface area contributed by atoms with Crippen LogP contribution >= 0.6 is 0 Å². The van der Waals surface area contributed by atoms with Gasteiger partial charge < -0.3 is 15.2 Å². The number of hydrogen-bond acceptors (Lipinski definition) is 7. The summed E-state index contributed by atoms with van der Waals surface area (Å²) in [6, 6.07) is 5.13. The first-order chi connectivity index (χ1) is 15.6. The number of hydrogen-bond donors (Lipinski definition) is 3. The van der Waals surface area contributed by atoms with Crippen LogP contribution in [-0.2, 0) is 6.54 Å². The van der Waals surface area contributed by atoms with E-state index in [4.69, 9.17) is 0 Å². The predicted molar refractivity (Wildman–Crippen MR) is 114 cm³/mol. The van der Waals surface area contributed by atoms with E-state index in [1.54, 1.807) is 24.7 Å². The van der Waals surface area contributed by atoms with Crippen LogP contribution in [0.1, 0.15) is 30.0 Å². The average Bonchev–Trinajstić information content (AvgIpc) is 3.50. The van der Waals surface area contributed by atoms with Crippen molar-refractivity contribution in [3.05, 3.63) is 65.7 Å². The van der Waals surface area contributed by atoms with Gasteiger partial charge in [-0.1, -0.05) is 0 Å². The number of aromatic amines is 2. The summed E-state index contributed by atoms with van der Waals surface area (Å²) in [5, 5.41) is 13.8. The van der Waals surface area contributed by atoms with Gasteiger partial charge in [-0.2, -0.15) is 15.4 Å². The molecule has 0 saturated carbocycles. The highest BCUT2D eigenvalue weighted by Crippen LogP contribution is 2.29. The van der Waals surface area contributed by atoms with Crippen LogP contribution in [0.5, 0.6) is 0 Å². The smallest absolute Gasteiger partial charge is 0.223 e. The molecule has 0 bridgehead atoms. The monoisotopic (exact) mass is 437 g/mol. The zero-order valence-electron chi connectivity index (χ0n) is 17.1. The van der Waals surface area contributed by atoms with Crippen molar-refractivity contribution in [1.29, 1.82) is 0 Å². The normalized spacial score (nSPS) is 14.6. The minimum atomic E-state index is -0.621. The van der Waals surface area contributed by atoms with E-state index in [-0.39, 0.29) is 6.54 Å². The van der Waals surface area contributed by atoms with Crippen LogP contribution in [0.25, 0.3) is 11.5 Å². The van der Waals surface area contributed by atoms with E-state index >= 15 is 0 Å². The van der Waals surface area contributed by atoms with E-state index in [0.29, 0.717) is 28.9 Å². The molecule has 5 rings (SSSR count). The van der Waals surface area contributed by atoms with Crippen LogP contribution in [0.2, 0.25) is 0 Å². The molecule has 0 unspecified atom stereocenters. The Morgan fingerprint density at radius 3 is 2.62 bits per heavy atom. The summed E-state index contributed by atoms with van der Waals surface area (Å²) in [6.45, 7) is 1.97. The number of aromatic nitrogens is 7. The molecular formula is C21H21F2N9. The number of anilines is 2. The topological polar surface area (TPSA) is 111 Å². The van der Waals surface area contributed by atoms with Crippen molar-refractivity contribution in [2.45, 2.75) is 25.3 Å². The van der Waals surface area contributed by atoms with Gasteiger partial charge in [0.05, 0.1) is 18.1 Å². The maximum absolute atomic E-state index is 13.4. The first-order valence-electron chi connectivity index (χ1n) is 10.3. The molecule has 32 heavy (non-hydrogen) atoms. The molecule has 11 heteroatoms. The summed E-state index contributed by atoms with van der Waals surface area (Å²) < 4.78 is 26.7. The summed E-state index contributed by atoms with van der Waals surface area (Å²) in [5.74, 6) is 1.07. The van der Waals surface area contributed by atoms with Crippen LogP contribution in [-0.4, -0.2) is 48.4 Å². The standard InChI is InChI=1S/C21H21F2N9/c22-15-7-13(8-16(23)9-15)10-26-21-24-4-1-17(28-21)20-25-12-19(29-20)32-5-2-14(3-6-32)18-11-27-31-30-18/h1,4,7-9,11-12,14H,2-3,5-6,10H2,(H,25,29)(H,24,26,28)(H,27,30,31). The highest BCUT2D eigenvalue weighted by Gasteiger charge is 2.23. The molecule has 1 fully saturated rings. The molecule has 0 spiro atoms. The fourth-order valence-electron chi connectivity index (χ4n) is 3.90. The summed E-state index contributed by atoms with van der Waals surface area (Å²) in [6.07, 6.45) is 7.19. The van der Waals surface area contributed by atoms with Crippen molar-refractivity contribution in [3.63, 3.8) is 0 Å². The quantitative estimate of drug-likeness (QED) is 0.425. The third-order valence-electron chi connectivity index (χ3n) is 5.52. The van der Waals surface area contributed by atoms with Gasteiger partial charge in [0.2, 0.25) is 5.95 Å². The van der Waals surface area contributed by atoms with Gasteiger partial charge in [-0.25, -0.2) is 23.7 Å². The van der Waals surface area contributed by atoms with Crippen LogP contribution in [0, 0.1) is 11.6 Å². The maximum atomic E-state index is 13.4. The number of imidazole rings is 1. The average molecular weight is 437 g/mol. The second-order valence-corrected chi connectivity index (χ2v) is 7.67. The van der Waals surface area contributed by atoms with E-state index < -0.39 is 11.6 Å². The van der Waals surface area contributed by atoms with Gasteiger partial charge in [-0.3, -0.25) is 0 Å². The molecule has 0 radical (unpaired) electrons. The van der Waals surface area contributed by atoms with E-state index in [9.17, 15) is 8.78 Å².